The SMILES string of the molecule is CC(C(=O)[O-])c1ccc2c(c1)C(=O)c1ccccc1C2=O. The van der Waals surface area contributed by atoms with Crippen LogP contribution in [-0.2, 0) is 4.79 Å². The monoisotopic (exact) mass is 279 g/mol. The zero-order valence-corrected chi connectivity index (χ0v) is 11.3. The Bertz CT molecular complexity index is 789. The maximum Gasteiger partial charge on any atom is 0.194 e. The zero-order chi connectivity index (χ0) is 15.1. The highest BCUT2D eigenvalue weighted by Gasteiger charge is 2.29. The number of aliphatic carboxylic acids is 1. The molecule has 0 spiro atoms. The molecule has 0 bridgehead atoms. The summed E-state index contributed by atoms with van der Waals surface area (Å²) in [7, 11) is 0. The normalized spacial score (nSPS) is 14.3. The van der Waals surface area contributed by atoms with E-state index in [-0.39, 0.29) is 17.1 Å². The predicted molar refractivity (Wildman–Crippen MR) is 73.2 cm³/mol. The van der Waals surface area contributed by atoms with E-state index in [1.54, 1.807) is 30.3 Å². The van der Waals surface area contributed by atoms with E-state index >= 15 is 0 Å². The second kappa shape index (κ2) is 4.66. The lowest BCUT2D eigenvalue weighted by Gasteiger charge is -2.20. The number of carbonyl (C=O) groups is 3. The fraction of sp³-hybridized carbons (Fsp3) is 0.118. The standard InChI is InChI=1S/C17H12O4/c1-9(17(20)21)10-6-7-13-14(8-10)16(19)12-5-3-2-4-11(12)15(13)18/h2-9H,1H3,(H,20,21)/p-1. The smallest absolute Gasteiger partial charge is 0.194 e. The van der Waals surface area contributed by atoms with Gasteiger partial charge in [-0.05, 0) is 17.7 Å². The summed E-state index contributed by atoms with van der Waals surface area (Å²) < 4.78 is 0. The minimum atomic E-state index is -1.22. The molecule has 0 fully saturated rings. The van der Waals surface area contributed by atoms with Crippen molar-refractivity contribution in [3.05, 3.63) is 70.3 Å². The summed E-state index contributed by atoms with van der Waals surface area (Å²) >= 11 is 0. The van der Waals surface area contributed by atoms with Gasteiger partial charge in [-0.2, -0.15) is 0 Å². The third kappa shape index (κ3) is 1.96. The van der Waals surface area contributed by atoms with E-state index in [4.69, 9.17) is 0 Å². The van der Waals surface area contributed by atoms with Crippen molar-refractivity contribution in [3.8, 4) is 0 Å². The van der Waals surface area contributed by atoms with Gasteiger partial charge in [-0.15, -0.1) is 0 Å². The number of ketones is 2. The molecule has 2 aromatic carbocycles. The van der Waals surface area contributed by atoms with Crippen LogP contribution in [0.15, 0.2) is 42.5 Å². The minimum Gasteiger partial charge on any atom is -0.550 e. The van der Waals surface area contributed by atoms with Gasteiger partial charge in [0.05, 0.1) is 0 Å². The topological polar surface area (TPSA) is 74.3 Å². The molecule has 4 heteroatoms. The summed E-state index contributed by atoms with van der Waals surface area (Å²) in [5.74, 6) is -2.53. The lowest BCUT2D eigenvalue weighted by Crippen LogP contribution is -2.28. The molecule has 0 N–H and O–H groups in total. The van der Waals surface area contributed by atoms with E-state index in [1.807, 2.05) is 0 Å². The Morgan fingerprint density at radius 1 is 0.905 bits per heavy atom. The third-order valence-corrected chi connectivity index (χ3v) is 3.80. The van der Waals surface area contributed by atoms with Gasteiger partial charge in [-0.25, -0.2) is 0 Å². The Morgan fingerprint density at radius 2 is 1.43 bits per heavy atom. The molecule has 0 radical (unpaired) electrons. The summed E-state index contributed by atoms with van der Waals surface area (Å²) in [6.45, 7) is 1.49. The molecule has 104 valence electrons. The molecule has 1 aliphatic carbocycles. The van der Waals surface area contributed by atoms with Crippen molar-refractivity contribution in [3.63, 3.8) is 0 Å². The van der Waals surface area contributed by atoms with Crippen LogP contribution in [0.25, 0.3) is 0 Å². The number of carboxylic acids is 1. The van der Waals surface area contributed by atoms with Crippen molar-refractivity contribution < 1.29 is 19.5 Å². The second-order valence-electron chi connectivity index (χ2n) is 5.05. The molecule has 0 aromatic heterocycles. The lowest BCUT2D eigenvalue weighted by molar-refractivity contribution is -0.307. The van der Waals surface area contributed by atoms with E-state index < -0.39 is 11.9 Å². The summed E-state index contributed by atoms with van der Waals surface area (Å²) in [5.41, 5.74) is 1.76. The van der Waals surface area contributed by atoms with Crippen LogP contribution in [0.5, 0.6) is 0 Å². The first-order valence-electron chi connectivity index (χ1n) is 6.54. The first-order valence-corrected chi connectivity index (χ1v) is 6.54. The van der Waals surface area contributed by atoms with Crippen LogP contribution >= 0.6 is 0 Å². The number of benzene rings is 2. The van der Waals surface area contributed by atoms with Gasteiger partial charge >= 0.3 is 0 Å². The quantitative estimate of drug-likeness (QED) is 0.709. The molecule has 0 saturated carbocycles. The second-order valence-corrected chi connectivity index (χ2v) is 5.05. The van der Waals surface area contributed by atoms with Gasteiger partial charge in [0.1, 0.15) is 0 Å². The van der Waals surface area contributed by atoms with Gasteiger partial charge < -0.3 is 9.90 Å². The Kier molecular flexibility index (Phi) is 2.94. The van der Waals surface area contributed by atoms with E-state index in [9.17, 15) is 19.5 Å². The maximum absolute atomic E-state index is 12.5. The van der Waals surface area contributed by atoms with Gasteiger partial charge in [-0.1, -0.05) is 37.3 Å². The largest absolute Gasteiger partial charge is 0.550 e. The van der Waals surface area contributed by atoms with Crippen LogP contribution in [0, 0.1) is 0 Å². The minimum absolute atomic E-state index is 0.215. The Morgan fingerprint density at radius 3 is 2.00 bits per heavy atom. The maximum atomic E-state index is 12.5. The predicted octanol–water partition coefficient (Wildman–Crippen LogP) is 1.32. The van der Waals surface area contributed by atoms with Gasteiger partial charge in [0.15, 0.2) is 11.6 Å². The number of hydrogen-bond donors (Lipinski definition) is 0. The molecule has 3 rings (SSSR count). The summed E-state index contributed by atoms with van der Waals surface area (Å²) in [4.78, 5) is 35.8. The van der Waals surface area contributed by atoms with E-state index in [2.05, 4.69) is 0 Å². The molecule has 0 aliphatic heterocycles. The molecule has 21 heavy (non-hydrogen) atoms. The zero-order valence-electron chi connectivity index (χ0n) is 11.3. The molecule has 1 atom stereocenters. The van der Waals surface area contributed by atoms with Crippen molar-refractivity contribution in [2.24, 2.45) is 0 Å². The van der Waals surface area contributed by atoms with Crippen molar-refractivity contribution in [1.29, 1.82) is 0 Å². The average molecular weight is 279 g/mol. The summed E-state index contributed by atoms with van der Waals surface area (Å²) in [6, 6.07) is 11.2. The highest BCUT2D eigenvalue weighted by molar-refractivity contribution is 6.28. The molecule has 1 aliphatic rings. The number of hydrogen-bond acceptors (Lipinski definition) is 4. The van der Waals surface area contributed by atoms with Crippen LogP contribution in [-0.4, -0.2) is 17.5 Å². The van der Waals surface area contributed by atoms with Crippen molar-refractivity contribution in [2.75, 3.05) is 0 Å². The van der Waals surface area contributed by atoms with Crippen LogP contribution in [0.3, 0.4) is 0 Å². The Hall–Kier alpha value is -2.75. The molecular weight excluding hydrogens is 268 g/mol. The number of rotatable bonds is 2. The number of fused-ring (bicyclic) bond motifs is 2. The van der Waals surface area contributed by atoms with Crippen LogP contribution < -0.4 is 5.11 Å². The van der Waals surface area contributed by atoms with Crippen molar-refractivity contribution in [2.45, 2.75) is 12.8 Å². The number of carbonyl (C=O) groups excluding carboxylic acids is 3. The van der Waals surface area contributed by atoms with E-state index in [1.165, 1.54) is 19.1 Å². The van der Waals surface area contributed by atoms with Gasteiger partial charge in [0.25, 0.3) is 0 Å². The van der Waals surface area contributed by atoms with Crippen molar-refractivity contribution in [1.82, 2.24) is 0 Å². The molecule has 1 unspecified atom stereocenters. The van der Waals surface area contributed by atoms with Crippen LogP contribution in [0.4, 0.5) is 0 Å². The van der Waals surface area contributed by atoms with Gasteiger partial charge in [0.2, 0.25) is 0 Å². The van der Waals surface area contributed by atoms with E-state index in [0.717, 1.165) is 0 Å². The fourth-order valence-electron chi connectivity index (χ4n) is 2.52. The molecule has 0 heterocycles. The van der Waals surface area contributed by atoms with E-state index in [0.29, 0.717) is 22.3 Å². The Labute approximate surface area is 121 Å². The molecule has 2 aromatic rings. The fourth-order valence-corrected chi connectivity index (χ4v) is 2.52. The third-order valence-electron chi connectivity index (χ3n) is 3.80. The summed E-state index contributed by atoms with van der Waals surface area (Å²) in [5, 5.41) is 10.9. The lowest BCUT2D eigenvalue weighted by atomic mass is 9.82. The van der Waals surface area contributed by atoms with Crippen LogP contribution in [0.2, 0.25) is 0 Å². The first kappa shape index (κ1) is 13.2. The average Bonchev–Trinajstić information content (AvgIpc) is 2.51. The molecule has 4 nitrogen and oxygen atoms in total. The first-order chi connectivity index (χ1) is 10.0. The van der Waals surface area contributed by atoms with Crippen LogP contribution in [0.1, 0.15) is 50.2 Å². The molecular formula is C17H11O4-. The molecule has 0 amide bonds. The highest BCUT2D eigenvalue weighted by Crippen LogP contribution is 2.29. The highest BCUT2D eigenvalue weighted by atomic mass is 16.4. The number of carboxylic acid groups (broad SMARTS) is 1. The molecule has 0 saturated heterocycles. The van der Waals surface area contributed by atoms with Gasteiger partial charge in [0, 0.05) is 34.1 Å². The Balaban J connectivity index is 2.17. The summed E-state index contributed by atoms with van der Waals surface area (Å²) in [6.07, 6.45) is 0. The van der Waals surface area contributed by atoms with Gasteiger partial charge in [-0.3, -0.25) is 9.59 Å². The van der Waals surface area contributed by atoms with Crippen molar-refractivity contribution >= 4 is 17.5 Å².